The van der Waals surface area contributed by atoms with E-state index in [1.165, 1.54) is 5.56 Å². The summed E-state index contributed by atoms with van der Waals surface area (Å²) in [5.41, 5.74) is 4.13. The van der Waals surface area contributed by atoms with E-state index in [1.807, 2.05) is 36.4 Å². The first-order chi connectivity index (χ1) is 12.6. The van der Waals surface area contributed by atoms with Crippen LogP contribution in [0.15, 0.2) is 54.6 Å². The first-order valence-electron chi connectivity index (χ1n) is 8.91. The fourth-order valence-electron chi connectivity index (χ4n) is 3.15. The molecule has 3 rings (SSSR count). The minimum absolute atomic E-state index is 0.0339. The molecule has 0 radical (unpaired) electrons. The predicted molar refractivity (Wildman–Crippen MR) is 102 cm³/mol. The van der Waals surface area contributed by atoms with Gasteiger partial charge in [0.15, 0.2) is 5.78 Å². The van der Waals surface area contributed by atoms with Crippen LogP contribution in [0.3, 0.4) is 0 Å². The van der Waals surface area contributed by atoms with Gasteiger partial charge in [-0.15, -0.1) is 0 Å². The van der Waals surface area contributed by atoms with Crippen LogP contribution in [-0.4, -0.2) is 22.9 Å². The van der Waals surface area contributed by atoms with Crippen LogP contribution in [0.2, 0.25) is 0 Å². The van der Waals surface area contributed by atoms with Crippen molar-refractivity contribution in [3.05, 3.63) is 71.4 Å². The highest BCUT2D eigenvalue weighted by Gasteiger charge is 2.13. The summed E-state index contributed by atoms with van der Waals surface area (Å²) in [4.78, 5) is 23.8. The summed E-state index contributed by atoms with van der Waals surface area (Å²) in [6, 6.07) is 18.2. The number of esters is 1. The molecule has 4 nitrogen and oxygen atoms in total. The number of ketones is 1. The van der Waals surface area contributed by atoms with Gasteiger partial charge in [0, 0.05) is 35.1 Å². The molecule has 0 aliphatic carbocycles. The van der Waals surface area contributed by atoms with Gasteiger partial charge in [-0.25, -0.2) is 0 Å². The Morgan fingerprint density at radius 3 is 2.50 bits per heavy atom. The lowest BCUT2D eigenvalue weighted by molar-refractivity contribution is -0.143. The second-order valence-electron chi connectivity index (χ2n) is 6.36. The van der Waals surface area contributed by atoms with Gasteiger partial charge in [0.05, 0.1) is 13.0 Å². The standard InChI is InChI=1S/C22H23NO3/c1-3-26-22(25)12-11-21(24)18-9-10-20-19(14-18)13-16(2)23(20)15-17-7-5-4-6-8-17/h4-10,13-14H,3,11-12,15H2,1-2H3. The van der Waals surface area contributed by atoms with Crippen molar-refractivity contribution in [3.63, 3.8) is 0 Å². The lowest BCUT2D eigenvalue weighted by Gasteiger charge is -2.09. The zero-order chi connectivity index (χ0) is 18.5. The summed E-state index contributed by atoms with van der Waals surface area (Å²) in [6.07, 6.45) is 0.298. The SMILES string of the molecule is CCOC(=O)CCC(=O)c1ccc2c(c1)cc(C)n2Cc1ccccc1. The number of hydrogen-bond acceptors (Lipinski definition) is 3. The molecule has 0 spiro atoms. The zero-order valence-electron chi connectivity index (χ0n) is 15.2. The number of rotatable bonds is 7. The van der Waals surface area contributed by atoms with Gasteiger partial charge in [-0.2, -0.15) is 0 Å². The van der Waals surface area contributed by atoms with Gasteiger partial charge >= 0.3 is 5.97 Å². The number of benzene rings is 2. The summed E-state index contributed by atoms with van der Waals surface area (Å²) in [6.45, 7) is 4.97. The van der Waals surface area contributed by atoms with Crippen molar-refractivity contribution in [1.82, 2.24) is 4.57 Å². The number of ether oxygens (including phenoxy) is 1. The van der Waals surface area contributed by atoms with Crippen LogP contribution in [-0.2, 0) is 16.1 Å². The van der Waals surface area contributed by atoms with Crippen molar-refractivity contribution in [1.29, 1.82) is 0 Å². The smallest absolute Gasteiger partial charge is 0.306 e. The molecule has 0 unspecified atom stereocenters. The molecule has 4 heteroatoms. The van der Waals surface area contributed by atoms with Crippen LogP contribution in [0.25, 0.3) is 10.9 Å². The molecular weight excluding hydrogens is 326 g/mol. The minimum atomic E-state index is -0.327. The maximum absolute atomic E-state index is 12.4. The largest absolute Gasteiger partial charge is 0.466 e. The van der Waals surface area contributed by atoms with Crippen LogP contribution >= 0.6 is 0 Å². The third-order valence-electron chi connectivity index (χ3n) is 4.48. The van der Waals surface area contributed by atoms with Crippen molar-refractivity contribution < 1.29 is 14.3 Å². The average molecular weight is 349 g/mol. The molecule has 0 N–H and O–H groups in total. The number of fused-ring (bicyclic) bond motifs is 1. The first-order valence-corrected chi connectivity index (χ1v) is 8.91. The molecule has 0 atom stereocenters. The lowest BCUT2D eigenvalue weighted by atomic mass is 10.0. The van der Waals surface area contributed by atoms with Crippen molar-refractivity contribution in [3.8, 4) is 0 Å². The Kier molecular flexibility index (Phi) is 5.52. The molecule has 1 aromatic heterocycles. The molecule has 0 aliphatic rings. The number of carbonyl (C=O) groups excluding carboxylic acids is 2. The highest BCUT2D eigenvalue weighted by molar-refractivity contribution is 6.00. The molecule has 26 heavy (non-hydrogen) atoms. The fourth-order valence-corrected chi connectivity index (χ4v) is 3.15. The fraction of sp³-hybridized carbons (Fsp3) is 0.273. The van der Waals surface area contributed by atoms with Crippen LogP contribution in [0, 0.1) is 6.92 Å². The molecule has 0 saturated carbocycles. The Balaban J connectivity index is 1.79. The molecule has 0 saturated heterocycles. The van der Waals surface area contributed by atoms with Gasteiger partial charge in [0.2, 0.25) is 0 Å². The highest BCUT2D eigenvalue weighted by Crippen LogP contribution is 2.23. The summed E-state index contributed by atoms with van der Waals surface area (Å²) >= 11 is 0. The van der Waals surface area contributed by atoms with E-state index in [1.54, 1.807) is 6.92 Å². The molecule has 1 heterocycles. The summed E-state index contributed by atoms with van der Waals surface area (Å²) in [5, 5.41) is 1.04. The number of nitrogens with zero attached hydrogens (tertiary/aromatic N) is 1. The molecule has 2 aromatic carbocycles. The third-order valence-corrected chi connectivity index (χ3v) is 4.48. The Hall–Kier alpha value is -2.88. The van der Waals surface area contributed by atoms with Crippen molar-refractivity contribution in [2.24, 2.45) is 0 Å². The van der Waals surface area contributed by atoms with E-state index in [9.17, 15) is 9.59 Å². The monoisotopic (exact) mass is 349 g/mol. The second-order valence-corrected chi connectivity index (χ2v) is 6.36. The van der Waals surface area contributed by atoms with Crippen molar-refractivity contribution >= 4 is 22.7 Å². The molecule has 0 bridgehead atoms. The Morgan fingerprint density at radius 2 is 1.77 bits per heavy atom. The van der Waals surface area contributed by atoms with Gasteiger partial charge < -0.3 is 9.30 Å². The van der Waals surface area contributed by atoms with E-state index in [0.29, 0.717) is 12.2 Å². The van der Waals surface area contributed by atoms with E-state index in [4.69, 9.17) is 4.74 Å². The number of Topliss-reactive ketones (excluding diaryl/α,β-unsaturated/α-hetero) is 1. The molecule has 134 valence electrons. The van der Waals surface area contributed by atoms with E-state index in [2.05, 4.69) is 29.7 Å². The van der Waals surface area contributed by atoms with Crippen molar-refractivity contribution in [2.45, 2.75) is 33.2 Å². The summed E-state index contributed by atoms with van der Waals surface area (Å²) in [5.74, 6) is -0.361. The molecule has 0 aliphatic heterocycles. The minimum Gasteiger partial charge on any atom is -0.466 e. The maximum atomic E-state index is 12.4. The highest BCUT2D eigenvalue weighted by atomic mass is 16.5. The van der Waals surface area contributed by atoms with Crippen LogP contribution in [0.1, 0.15) is 41.4 Å². The first kappa shape index (κ1) is 17.9. The number of hydrogen-bond donors (Lipinski definition) is 0. The predicted octanol–water partition coefficient (Wildman–Crippen LogP) is 4.52. The second kappa shape index (κ2) is 8.00. The van der Waals surface area contributed by atoms with Gasteiger partial charge in [-0.3, -0.25) is 9.59 Å². The van der Waals surface area contributed by atoms with Crippen LogP contribution in [0.5, 0.6) is 0 Å². The van der Waals surface area contributed by atoms with Gasteiger partial charge in [0.25, 0.3) is 0 Å². The molecule has 3 aromatic rings. The Labute approximate surface area is 153 Å². The normalized spacial score (nSPS) is 10.8. The molecular formula is C22H23NO3. The number of carbonyl (C=O) groups is 2. The van der Waals surface area contributed by atoms with Crippen LogP contribution < -0.4 is 0 Å². The summed E-state index contributed by atoms with van der Waals surface area (Å²) in [7, 11) is 0. The van der Waals surface area contributed by atoms with Gasteiger partial charge in [-0.1, -0.05) is 30.3 Å². The average Bonchev–Trinajstić information content (AvgIpc) is 2.95. The van der Waals surface area contributed by atoms with Crippen LogP contribution in [0.4, 0.5) is 0 Å². The summed E-state index contributed by atoms with van der Waals surface area (Å²) < 4.78 is 7.13. The van der Waals surface area contributed by atoms with E-state index in [0.717, 1.165) is 23.1 Å². The topological polar surface area (TPSA) is 48.3 Å². The van der Waals surface area contributed by atoms with Gasteiger partial charge in [-0.05, 0) is 43.7 Å². The number of aromatic nitrogens is 1. The molecule has 0 fully saturated rings. The van der Waals surface area contributed by atoms with Gasteiger partial charge in [0.1, 0.15) is 0 Å². The Bertz CT molecular complexity index is 925. The lowest BCUT2D eigenvalue weighted by Crippen LogP contribution is -2.08. The molecule has 0 amide bonds. The maximum Gasteiger partial charge on any atom is 0.306 e. The van der Waals surface area contributed by atoms with E-state index in [-0.39, 0.29) is 24.6 Å². The quantitative estimate of drug-likeness (QED) is 0.465. The number of aryl methyl sites for hydroxylation is 1. The van der Waals surface area contributed by atoms with E-state index < -0.39 is 0 Å². The van der Waals surface area contributed by atoms with E-state index >= 15 is 0 Å². The van der Waals surface area contributed by atoms with Crippen molar-refractivity contribution in [2.75, 3.05) is 6.61 Å². The zero-order valence-corrected chi connectivity index (χ0v) is 15.2. The third kappa shape index (κ3) is 4.02. The Morgan fingerprint density at radius 1 is 1.00 bits per heavy atom.